The average Bonchev–Trinajstić information content (AvgIpc) is 3.13. The van der Waals surface area contributed by atoms with E-state index in [9.17, 15) is 0 Å². The monoisotopic (exact) mass is 198 g/mol. The van der Waals surface area contributed by atoms with Crippen LogP contribution in [0.15, 0.2) is 36.4 Å². The zero-order valence-corrected chi connectivity index (χ0v) is 9.15. The fourth-order valence-electron chi connectivity index (χ4n) is 2.11. The molecule has 0 amide bonds. The molecule has 0 aliphatic heterocycles. The molecule has 0 atom stereocenters. The van der Waals surface area contributed by atoms with Crippen LogP contribution in [0, 0.1) is 11.8 Å². The maximum Gasteiger partial charge on any atom is -0.0227 e. The van der Waals surface area contributed by atoms with Crippen molar-refractivity contribution in [1.29, 1.82) is 0 Å². The summed E-state index contributed by atoms with van der Waals surface area (Å²) in [6.07, 6.45) is 9.60. The number of allylic oxidation sites excluding steroid dienone is 2. The fraction of sp³-hybridized carbons (Fsp3) is 0.467. The molecule has 0 spiro atoms. The largest absolute Gasteiger partial charge is 0.0776 e. The molecule has 0 heterocycles. The van der Waals surface area contributed by atoms with Crippen molar-refractivity contribution in [3.05, 3.63) is 42.0 Å². The molecular formula is C15H18. The molecule has 0 saturated heterocycles. The second-order valence-corrected chi connectivity index (χ2v) is 5.04. The van der Waals surface area contributed by atoms with Crippen molar-refractivity contribution in [3.8, 4) is 0 Å². The van der Waals surface area contributed by atoms with Gasteiger partial charge in [0.25, 0.3) is 0 Å². The Hall–Kier alpha value is -1.04. The topological polar surface area (TPSA) is 0 Å². The predicted octanol–water partition coefficient (Wildman–Crippen LogP) is 4.28. The molecule has 2 fully saturated rings. The lowest BCUT2D eigenvalue weighted by molar-refractivity contribution is 0.871. The first-order valence-corrected chi connectivity index (χ1v) is 6.18. The zero-order valence-electron chi connectivity index (χ0n) is 9.15. The Bertz CT molecular complexity index is 353. The van der Waals surface area contributed by atoms with Gasteiger partial charge in [0.15, 0.2) is 0 Å². The quantitative estimate of drug-likeness (QED) is 0.677. The minimum absolute atomic E-state index is 0.902. The van der Waals surface area contributed by atoms with Crippen molar-refractivity contribution in [2.24, 2.45) is 11.8 Å². The third-order valence-corrected chi connectivity index (χ3v) is 3.41. The maximum absolute atomic E-state index is 2.54. The number of rotatable bonds is 4. The van der Waals surface area contributed by atoms with E-state index in [1.807, 2.05) is 0 Å². The molecule has 2 aliphatic carbocycles. The molecule has 1 aromatic carbocycles. The van der Waals surface area contributed by atoms with Crippen LogP contribution in [0.2, 0.25) is 0 Å². The molecule has 3 rings (SSSR count). The van der Waals surface area contributed by atoms with Crippen LogP contribution < -0.4 is 0 Å². The second-order valence-electron chi connectivity index (χ2n) is 5.04. The van der Waals surface area contributed by atoms with E-state index >= 15 is 0 Å². The normalized spacial score (nSPS) is 21.7. The predicted molar refractivity (Wildman–Crippen MR) is 64.5 cm³/mol. The minimum atomic E-state index is 0.902. The first-order chi connectivity index (χ1) is 7.42. The van der Waals surface area contributed by atoms with E-state index in [0.717, 1.165) is 11.8 Å². The van der Waals surface area contributed by atoms with Crippen molar-refractivity contribution in [2.45, 2.75) is 32.1 Å². The standard InChI is InChI=1S/C15H18/c1-2-4-14(5-3-1)15(10-12-6-7-12)11-13-8-9-13/h1-5,10,12-13H,6-9,11H2/b15-10+. The third-order valence-electron chi connectivity index (χ3n) is 3.41. The molecule has 1 aromatic rings. The molecular weight excluding hydrogens is 180 g/mol. The van der Waals surface area contributed by atoms with Gasteiger partial charge in [-0.1, -0.05) is 36.4 Å². The van der Waals surface area contributed by atoms with Gasteiger partial charge in [0.05, 0.1) is 0 Å². The van der Waals surface area contributed by atoms with Crippen LogP contribution in [0.25, 0.3) is 5.57 Å². The maximum atomic E-state index is 2.54. The van der Waals surface area contributed by atoms with E-state index in [1.165, 1.54) is 37.7 Å². The average molecular weight is 198 g/mol. The van der Waals surface area contributed by atoms with E-state index in [2.05, 4.69) is 36.4 Å². The summed E-state index contributed by atoms with van der Waals surface area (Å²) >= 11 is 0. The van der Waals surface area contributed by atoms with Gasteiger partial charge in [0.1, 0.15) is 0 Å². The fourth-order valence-corrected chi connectivity index (χ4v) is 2.11. The van der Waals surface area contributed by atoms with Crippen molar-refractivity contribution in [3.63, 3.8) is 0 Å². The molecule has 0 heteroatoms. The van der Waals surface area contributed by atoms with Gasteiger partial charge in [-0.05, 0) is 55.1 Å². The van der Waals surface area contributed by atoms with Crippen LogP contribution in [0.3, 0.4) is 0 Å². The Morgan fingerprint density at radius 3 is 2.40 bits per heavy atom. The van der Waals surface area contributed by atoms with E-state index in [1.54, 1.807) is 5.57 Å². The van der Waals surface area contributed by atoms with Crippen LogP contribution in [0.1, 0.15) is 37.7 Å². The Labute approximate surface area is 92.0 Å². The number of hydrogen-bond donors (Lipinski definition) is 0. The van der Waals surface area contributed by atoms with Crippen LogP contribution in [-0.4, -0.2) is 0 Å². The smallest absolute Gasteiger partial charge is 0.0227 e. The van der Waals surface area contributed by atoms with Gasteiger partial charge < -0.3 is 0 Å². The molecule has 78 valence electrons. The summed E-state index contributed by atoms with van der Waals surface area (Å²) in [5, 5.41) is 0. The molecule has 15 heavy (non-hydrogen) atoms. The van der Waals surface area contributed by atoms with Crippen molar-refractivity contribution in [1.82, 2.24) is 0 Å². The molecule has 0 nitrogen and oxygen atoms in total. The Balaban J connectivity index is 1.81. The molecule has 0 unspecified atom stereocenters. The first-order valence-electron chi connectivity index (χ1n) is 6.18. The van der Waals surface area contributed by atoms with Gasteiger partial charge in [0, 0.05) is 0 Å². The van der Waals surface area contributed by atoms with Crippen molar-refractivity contribution >= 4 is 5.57 Å². The zero-order chi connectivity index (χ0) is 10.1. The van der Waals surface area contributed by atoms with Crippen molar-refractivity contribution < 1.29 is 0 Å². The molecule has 0 radical (unpaired) electrons. The van der Waals surface area contributed by atoms with Gasteiger partial charge in [-0.3, -0.25) is 0 Å². The summed E-state index contributed by atoms with van der Waals surface area (Å²) in [4.78, 5) is 0. The van der Waals surface area contributed by atoms with E-state index in [4.69, 9.17) is 0 Å². The highest BCUT2D eigenvalue weighted by molar-refractivity contribution is 5.66. The lowest BCUT2D eigenvalue weighted by Gasteiger charge is -2.06. The van der Waals surface area contributed by atoms with Gasteiger partial charge in [0.2, 0.25) is 0 Å². The molecule has 0 N–H and O–H groups in total. The van der Waals surface area contributed by atoms with E-state index < -0.39 is 0 Å². The lowest BCUT2D eigenvalue weighted by atomic mass is 9.99. The van der Waals surface area contributed by atoms with Crippen LogP contribution in [0.5, 0.6) is 0 Å². The molecule has 0 bridgehead atoms. The minimum Gasteiger partial charge on any atom is -0.0776 e. The van der Waals surface area contributed by atoms with Gasteiger partial charge >= 0.3 is 0 Å². The number of benzene rings is 1. The summed E-state index contributed by atoms with van der Waals surface area (Å²) in [5.74, 6) is 1.90. The highest BCUT2D eigenvalue weighted by Crippen LogP contribution is 2.41. The summed E-state index contributed by atoms with van der Waals surface area (Å²) in [5.41, 5.74) is 3.07. The molecule has 2 aliphatic rings. The first kappa shape index (κ1) is 9.21. The second kappa shape index (κ2) is 3.84. The van der Waals surface area contributed by atoms with Gasteiger partial charge in [-0.25, -0.2) is 0 Å². The molecule has 0 aromatic heterocycles. The Morgan fingerprint density at radius 1 is 1.07 bits per heavy atom. The Kier molecular flexibility index (Phi) is 2.36. The Morgan fingerprint density at radius 2 is 1.80 bits per heavy atom. The van der Waals surface area contributed by atoms with Crippen LogP contribution in [0.4, 0.5) is 0 Å². The van der Waals surface area contributed by atoms with Gasteiger partial charge in [-0.15, -0.1) is 0 Å². The van der Waals surface area contributed by atoms with E-state index in [-0.39, 0.29) is 0 Å². The summed E-state index contributed by atoms with van der Waals surface area (Å²) in [7, 11) is 0. The third kappa shape index (κ3) is 2.50. The summed E-state index contributed by atoms with van der Waals surface area (Å²) in [6, 6.07) is 10.9. The van der Waals surface area contributed by atoms with Crippen LogP contribution in [-0.2, 0) is 0 Å². The highest BCUT2D eigenvalue weighted by Gasteiger charge is 2.25. The number of hydrogen-bond acceptors (Lipinski definition) is 0. The summed E-state index contributed by atoms with van der Waals surface area (Å²) in [6.45, 7) is 0. The lowest BCUT2D eigenvalue weighted by Crippen LogP contribution is -1.87. The molecule has 2 saturated carbocycles. The summed E-state index contributed by atoms with van der Waals surface area (Å²) < 4.78 is 0. The van der Waals surface area contributed by atoms with Crippen LogP contribution >= 0.6 is 0 Å². The van der Waals surface area contributed by atoms with E-state index in [0.29, 0.717) is 0 Å². The SMILES string of the molecule is C(=C(/CC1CC1)c1ccccc1)/C1CC1. The van der Waals surface area contributed by atoms with Gasteiger partial charge in [-0.2, -0.15) is 0 Å². The van der Waals surface area contributed by atoms with Crippen molar-refractivity contribution in [2.75, 3.05) is 0 Å². The highest BCUT2D eigenvalue weighted by atomic mass is 14.3.